The van der Waals surface area contributed by atoms with Crippen molar-refractivity contribution in [2.75, 3.05) is 24.5 Å². The smallest absolute Gasteiger partial charge is 0.353 e. The molecule has 0 bridgehead atoms. The number of hydrogen-bond acceptors (Lipinski definition) is 3. The van der Waals surface area contributed by atoms with Gasteiger partial charge in [0.1, 0.15) is 11.0 Å². The Balaban J connectivity index is 2.33. The van der Waals surface area contributed by atoms with Crippen LogP contribution in [-0.4, -0.2) is 30.5 Å². The van der Waals surface area contributed by atoms with Gasteiger partial charge in [-0.05, 0) is 12.1 Å². The van der Waals surface area contributed by atoms with Crippen molar-refractivity contribution in [2.45, 2.75) is 6.18 Å². The van der Waals surface area contributed by atoms with Gasteiger partial charge in [0.05, 0.1) is 12.1 Å². The quantitative estimate of drug-likeness (QED) is 0.796. The minimum atomic E-state index is -4.49. The predicted molar refractivity (Wildman–Crippen MR) is 59.5 cm³/mol. The van der Waals surface area contributed by atoms with E-state index in [2.05, 4.69) is 10.3 Å². The number of nitrogens with zero attached hydrogens (tertiary/aromatic N) is 2. The Morgan fingerprint density at radius 3 is 2.72 bits per heavy atom. The second-order valence-corrected chi connectivity index (χ2v) is 4.19. The molecule has 2 rings (SSSR count). The number of pyridine rings is 1. The first-order chi connectivity index (χ1) is 8.36. The monoisotopic (exact) mass is 279 g/mol. The van der Waals surface area contributed by atoms with Crippen molar-refractivity contribution in [3.8, 4) is 0 Å². The van der Waals surface area contributed by atoms with Crippen molar-refractivity contribution >= 4 is 23.3 Å². The summed E-state index contributed by atoms with van der Waals surface area (Å²) < 4.78 is 37.8. The molecule has 98 valence electrons. The molecule has 1 aliphatic heterocycles. The highest BCUT2D eigenvalue weighted by Gasteiger charge is 2.32. The SMILES string of the molecule is O=C1CN(c2cc(C(F)(F)F)cc(Cl)n2)CCN1. The summed E-state index contributed by atoms with van der Waals surface area (Å²) in [4.78, 5) is 16.5. The summed E-state index contributed by atoms with van der Waals surface area (Å²) in [5.74, 6) is -0.193. The Labute approximate surface area is 106 Å². The third-order valence-corrected chi connectivity index (χ3v) is 2.66. The van der Waals surface area contributed by atoms with E-state index in [0.717, 1.165) is 12.1 Å². The van der Waals surface area contributed by atoms with Gasteiger partial charge >= 0.3 is 6.18 Å². The Kier molecular flexibility index (Phi) is 3.34. The van der Waals surface area contributed by atoms with Crippen molar-refractivity contribution in [2.24, 2.45) is 0 Å². The van der Waals surface area contributed by atoms with Crippen LogP contribution in [0.1, 0.15) is 5.56 Å². The zero-order valence-corrected chi connectivity index (χ0v) is 9.85. The zero-order chi connectivity index (χ0) is 13.3. The molecule has 1 N–H and O–H groups in total. The van der Waals surface area contributed by atoms with E-state index in [4.69, 9.17) is 11.6 Å². The molecule has 1 amide bonds. The molecular weight excluding hydrogens is 271 g/mol. The molecule has 0 aliphatic carbocycles. The lowest BCUT2D eigenvalue weighted by atomic mass is 10.2. The molecule has 0 saturated carbocycles. The molecule has 4 nitrogen and oxygen atoms in total. The number of nitrogens with one attached hydrogen (secondary N) is 1. The van der Waals surface area contributed by atoms with E-state index < -0.39 is 11.7 Å². The fourth-order valence-electron chi connectivity index (χ4n) is 1.64. The van der Waals surface area contributed by atoms with Crippen molar-refractivity contribution in [1.82, 2.24) is 10.3 Å². The van der Waals surface area contributed by atoms with Crippen LogP contribution in [0.25, 0.3) is 0 Å². The number of alkyl halides is 3. The van der Waals surface area contributed by atoms with Crippen LogP contribution in [0.2, 0.25) is 5.15 Å². The van der Waals surface area contributed by atoms with Crippen LogP contribution in [0.3, 0.4) is 0 Å². The van der Waals surface area contributed by atoms with Crippen molar-refractivity contribution in [1.29, 1.82) is 0 Å². The summed E-state index contributed by atoms with van der Waals surface area (Å²) in [6.45, 7) is 0.745. The van der Waals surface area contributed by atoms with E-state index in [1.807, 2.05) is 0 Å². The molecule has 18 heavy (non-hydrogen) atoms. The van der Waals surface area contributed by atoms with Gasteiger partial charge in [0.25, 0.3) is 0 Å². The van der Waals surface area contributed by atoms with Crippen LogP contribution in [0.4, 0.5) is 19.0 Å². The molecule has 2 heterocycles. The topological polar surface area (TPSA) is 45.2 Å². The molecule has 0 aromatic carbocycles. The van der Waals surface area contributed by atoms with Gasteiger partial charge in [-0.3, -0.25) is 4.79 Å². The van der Waals surface area contributed by atoms with Crippen LogP contribution in [0, 0.1) is 0 Å². The number of aromatic nitrogens is 1. The number of halogens is 4. The number of piperazine rings is 1. The summed E-state index contributed by atoms with van der Waals surface area (Å²) in [6.07, 6.45) is -4.49. The molecule has 1 aromatic heterocycles. The maximum atomic E-state index is 12.6. The largest absolute Gasteiger partial charge is 0.416 e. The molecule has 1 aromatic rings. The Bertz CT molecular complexity index is 478. The maximum Gasteiger partial charge on any atom is 0.416 e. The molecule has 1 fully saturated rings. The molecular formula is C10H9ClF3N3O. The highest BCUT2D eigenvalue weighted by molar-refractivity contribution is 6.29. The van der Waals surface area contributed by atoms with E-state index >= 15 is 0 Å². The number of hydrogen-bond donors (Lipinski definition) is 1. The van der Waals surface area contributed by atoms with Gasteiger partial charge < -0.3 is 10.2 Å². The molecule has 1 aliphatic rings. The van der Waals surface area contributed by atoms with Gasteiger partial charge in [0.15, 0.2) is 0 Å². The fraction of sp³-hybridized carbons (Fsp3) is 0.400. The molecule has 0 radical (unpaired) electrons. The molecule has 8 heteroatoms. The summed E-state index contributed by atoms with van der Waals surface area (Å²) >= 11 is 5.57. The lowest BCUT2D eigenvalue weighted by Gasteiger charge is -2.28. The van der Waals surface area contributed by atoms with Gasteiger partial charge in [-0.25, -0.2) is 4.98 Å². The Morgan fingerprint density at radius 1 is 1.39 bits per heavy atom. The maximum absolute atomic E-state index is 12.6. The van der Waals surface area contributed by atoms with Gasteiger partial charge in [-0.1, -0.05) is 11.6 Å². The summed E-state index contributed by atoms with van der Waals surface area (Å²) in [5.41, 5.74) is -0.872. The van der Waals surface area contributed by atoms with Crippen LogP contribution < -0.4 is 10.2 Å². The van der Waals surface area contributed by atoms with Crippen LogP contribution in [0.15, 0.2) is 12.1 Å². The summed E-state index contributed by atoms with van der Waals surface area (Å²) in [7, 11) is 0. The lowest BCUT2D eigenvalue weighted by molar-refractivity contribution is -0.137. The van der Waals surface area contributed by atoms with Gasteiger partial charge in [0.2, 0.25) is 5.91 Å². The number of rotatable bonds is 1. The van der Waals surface area contributed by atoms with Crippen LogP contribution in [0.5, 0.6) is 0 Å². The Hall–Kier alpha value is -1.50. The highest BCUT2D eigenvalue weighted by Crippen LogP contribution is 2.32. The fourth-order valence-corrected chi connectivity index (χ4v) is 1.85. The second-order valence-electron chi connectivity index (χ2n) is 3.81. The third-order valence-electron chi connectivity index (χ3n) is 2.47. The summed E-state index contributed by atoms with van der Waals surface area (Å²) in [6, 6.07) is 1.65. The number of anilines is 1. The van der Waals surface area contributed by atoms with Crippen LogP contribution in [-0.2, 0) is 11.0 Å². The Morgan fingerprint density at radius 2 is 2.11 bits per heavy atom. The van der Waals surface area contributed by atoms with E-state index in [-0.39, 0.29) is 23.4 Å². The lowest BCUT2D eigenvalue weighted by Crippen LogP contribution is -2.48. The van der Waals surface area contributed by atoms with E-state index in [9.17, 15) is 18.0 Å². The van der Waals surface area contributed by atoms with Crippen molar-refractivity contribution < 1.29 is 18.0 Å². The second kappa shape index (κ2) is 4.64. The van der Waals surface area contributed by atoms with E-state index in [1.54, 1.807) is 0 Å². The first kappa shape index (κ1) is 12.9. The zero-order valence-electron chi connectivity index (χ0n) is 9.09. The standard InChI is InChI=1S/C10H9ClF3N3O/c11-7-3-6(10(12,13)14)4-8(16-7)17-2-1-15-9(18)5-17/h3-4H,1-2,5H2,(H,15,18). The molecule has 0 unspecified atom stereocenters. The first-order valence-corrected chi connectivity index (χ1v) is 5.50. The predicted octanol–water partition coefficient (Wildman–Crippen LogP) is 1.69. The highest BCUT2D eigenvalue weighted by atomic mass is 35.5. The normalized spacial score (nSPS) is 16.7. The average Bonchev–Trinajstić information content (AvgIpc) is 2.27. The van der Waals surface area contributed by atoms with E-state index in [0.29, 0.717) is 13.1 Å². The minimum absolute atomic E-state index is 0.0232. The van der Waals surface area contributed by atoms with Crippen molar-refractivity contribution in [3.63, 3.8) is 0 Å². The van der Waals surface area contributed by atoms with Crippen molar-refractivity contribution in [3.05, 3.63) is 22.8 Å². The van der Waals surface area contributed by atoms with E-state index in [1.165, 1.54) is 4.90 Å². The number of carbonyl (C=O) groups is 1. The first-order valence-electron chi connectivity index (χ1n) is 5.13. The number of amides is 1. The molecule has 0 atom stereocenters. The summed E-state index contributed by atoms with van der Waals surface area (Å²) in [5, 5.41) is 2.33. The number of carbonyl (C=O) groups excluding carboxylic acids is 1. The minimum Gasteiger partial charge on any atom is -0.353 e. The third kappa shape index (κ3) is 2.84. The van der Waals surface area contributed by atoms with Crippen LogP contribution >= 0.6 is 11.6 Å². The van der Waals surface area contributed by atoms with Gasteiger partial charge in [-0.2, -0.15) is 13.2 Å². The van der Waals surface area contributed by atoms with Gasteiger partial charge in [-0.15, -0.1) is 0 Å². The molecule has 1 saturated heterocycles. The average molecular weight is 280 g/mol. The molecule has 0 spiro atoms. The van der Waals surface area contributed by atoms with Gasteiger partial charge in [0, 0.05) is 13.1 Å².